The third-order valence-electron chi connectivity index (χ3n) is 4.77. The maximum Gasteiger partial charge on any atom is 0.245 e. The summed E-state index contributed by atoms with van der Waals surface area (Å²) in [5.74, 6) is 0.0457. The third-order valence-corrected chi connectivity index (χ3v) is 7.97. The van der Waals surface area contributed by atoms with E-state index in [2.05, 4.69) is 5.32 Å². The Morgan fingerprint density at radius 3 is 1.97 bits per heavy atom. The van der Waals surface area contributed by atoms with Crippen LogP contribution in [-0.2, 0) is 24.8 Å². The lowest BCUT2D eigenvalue weighted by Gasteiger charge is -2.22. The molecule has 9 nitrogen and oxygen atoms in total. The summed E-state index contributed by atoms with van der Waals surface area (Å²) < 4.78 is 57.6. The predicted molar refractivity (Wildman–Crippen MR) is 130 cm³/mol. The normalized spacial score (nSPS) is 11.9. The zero-order chi connectivity index (χ0) is 24.6. The maximum atomic E-state index is 12.6. The number of rotatable bonds is 12. The Balaban J connectivity index is 2.13. The number of hydrogen-bond donors (Lipinski definition) is 1. The maximum absolute atomic E-state index is 12.6. The molecule has 0 aliphatic carbocycles. The van der Waals surface area contributed by atoms with Crippen LogP contribution in [-0.4, -0.2) is 59.5 Å². The molecule has 0 heterocycles. The first kappa shape index (κ1) is 26.6. The highest BCUT2D eigenvalue weighted by molar-refractivity contribution is 7.92. The molecule has 0 atom stereocenters. The van der Waals surface area contributed by atoms with E-state index in [1.807, 2.05) is 6.92 Å². The van der Waals surface area contributed by atoms with Crippen molar-refractivity contribution in [3.63, 3.8) is 0 Å². The molecule has 182 valence electrons. The van der Waals surface area contributed by atoms with E-state index in [0.29, 0.717) is 36.8 Å². The summed E-state index contributed by atoms with van der Waals surface area (Å²) in [6.07, 6.45) is 1.87. The van der Waals surface area contributed by atoms with E-state index in [1.165, 1.54) is 28.6 Å². The summed E-state index contributed by atoms with van der Waals surface area (Å²) in [4.78, 5) is 12.7. The fourth-order valence-electron chi connectivity index (χ4n) is 3.08. The summed E-state index contributed by atoms with van der Waals surface area (Å²) in [6.45, 7) is 6.31. The Morgan fingerprint density at radius 2 is 1.48 bits per heavy atom. The van der Waals surface area contributed by atoms with Gasteiger partial charge in [-0.15, -0.1) is 0 Å². The Labute approximate surface area is 196 Å². The molecule has 0 aliphatic rings. The Kier molecular flexibility index (Phi) is 9.26. The van der Waals surface area contributed by atoms with E-state index in [9.17, 15) is 21.6 Å². The Bertz CT molecular complexity index is 1130. The average Bonchev–Trinajstić information content (AvgIpc) is 2.77. The Morgan fingerprint density at radius 1 is 0.909 bits per heavy atom. The highest BCUT2D eigenvalue weighted by atomic mass is 32.2. The predicted octanol–water partition coefficient (Wildman–Crippen LogP) is 2.91. The zero-order valence-electron chi connectivity index (χ0n) is 19.3. The molecule has 0 bridgehead atoms. The lowest BCUT2D eigenvalue weighted by atomic mass is 10.3. The minimum Gasteiger partial charge on any atom is -0.494 e. The van der Waals surface area contributed by atoms with Gasteiger partial charge in [-0.2, -0.15) is 4.31 Å². The van der Waals surface area contributed by atoms with Gasteiger partial charge in [0, 0.05) is 18.8 Å². The second-order valence-electron chi connectivity index (χ2n) is 7.27. The van der Waals surface area contributed by atoms with Crippen molar-refractivity contribution in [1.29, 1.82) is 0 Å². The molecule has 1 N–H and O–H groups in total. The summed E-state index contributed by atoms with van der Waals surface area (Å²) in [5.41, 5.74) is 0.687. The summed E-state index contributed by atoms with van der Waals surface area (Å²) in [5, 5.41) is 2.61. The van der Waals surface area contributed by atoms with Gasteiger partial charge in [-0.05, 0) is 55.0 Å². The zero-order valence-corrected chi connectivity index (χ0v) is 20.9. The average molecular weight is 498 g/mol. The molecule has 0 fully saturated rings. The summed E-state index contributed by atoms with van der Waals surface area (Å²) >= 11 is 0. The molecule has 0 saturated heterocycles. The standard InChI is InChI=1S/C22H31N3O6S2/c1-5-16-31-20-12-10-19(11-13-20)25(32(4,27)28)17-22(26)23-18-8-14-21(15-9-18)33(29,30)24(6-2)7-3/h8-15H,5-7,16-17H2,1-4H3,(H,23,26). The molecule has 0 radical (unpaired) electrons. The van der Waals surface area contributed by atoms with Gasteiger partial charge < -0.3 is 10.1 Å². The molecule has 0 spiro atoms. The van der Waals surface area contributed by atoms with E-state index in [4.69, 9.17) is 4.74 Å². The highest BCUT2D eigenvalue weighted by Gasteiger charge is 2.23. The van der Waals surface area contributed by atoms with Gasteiger partial charge >= 0.3 is 0 Å². The van der Waals surface area contributed by atoms with Gasteiger partial charge in [0.15, 0.2) is 0 Å². The number of carbonyl (C=O) groups is 1. The van der Waals surface area contributed by atoms with E-state index in [-0.39, 0.29) is 4.90 Å². The molecule has 2 rings (SSSR count). The van der Waals surface area contributed by atoms with Crippen LogP contribution in [0.1, 0.15) is 27.2 Å². The third kappa shape index (κ3) is 7.18. The van der Waals surface area contributed by atoms with Crippen molar-refractivity contribution in [2.45, 2.75) is 32.1 Å². The molecule has 0 saturated carbocycles. The first-order valence-electron chi connectivity index (χ1n) is 10.6. The smallest absolute Gasteiger partial charge is 0.245 e. The molecule has 11 heteroatoms. The minimum absolute atomic E-state index is 0.118. The van der Waals surface area contributed by atoms with Crippen LogP contribution in [0, 0.1) is 0 Å². The van der Waals surface area contributed by atoms with Crippen LogP contribution >= 0.6 is 0 Å². The quantitative estimate of drug-likeness (QED) is 0.482. The van der Waals surface area contributed by atoms with E-state index >= 15 is 0 Å². The van der Waals surface area contributed by atoms with Gasteiger partial charge in [-0.3, -0.25) is 9.10 Å². The molecule has 1 amide bonds. The van der Waals surface area contributed by atoms with Crippen molar-refractivity contribution >= 4 is 37.3 Å². The number of sulfonamides is 2. The molecule has 33 heavy (non-hydrogen) atoms. The number of amides is 1. The molecule has 0 aliphatic heterocycles. The van der Waals surface area contributed by atoms with Crippen LogP contribution in [0.4, 0.5) is 11.4 Å². The van der Waals surface area contributed by atoms with Crippen molar-refractivity contribution in [3.05, 3.63) is 48.5 Å². The number of anilines is 2. The van der Waals surface area contributed by atoms with E-state index in [0.717, 1.165) is 17.0 Å². The van der Waals surface area contributed by atoms with Crippen molar-refractivity contribution in [1.82, 2.24) is 4.31 Å². The van der Waals surface area contributed by atoms with Crippen LogP contribution < -0.4 is 14.4 Å². The molecule has 2 aromatic rings. The monoisotopic (exact) mass is 497 g/mol. The van der Waals surface area contributed by atoms with Gasteiger partial charge in [0.1, 0.15) is 12.3 Å². The summed E-state index contributed by atoms with van der Waals surface area (Å²) in [6, 6.07) is 12.2. The molecule has 0 aromatic heterocycles. The van der Waals surface area contributed by atoms with Crippen molar-refractivity contribution in [2.24, 2.45) is 0 Å². The molecular formula is C22H31N3O6S2. The molecule has 0 unspecified atom stereocenters. The fraction of sp³-hybridized carbons (Fsp3) is 0.409. The van der Waals surface area contributed by atoms with Gasteiger partial charge in [0.05, 0.1) is 23.4 Å². The van der Waals surface area contributed by atoms with Gasteiger partial charge in [-0.1, -0.05) is 20.8 Å². The largest absolute Gasteiger partial charge is 0.494 e. The molecular weight excluding hydrogens is 466 g/mol. The number of hydrogen-bond acceptors (Lipinski definition) is 6. The van der Waals surface area contributed by atoms with Crippen molar-refractivity contribution < 1.29 is 26.4 Å². The molecule has 2 aromatic carbocycles. The van der Waals surface area contributed by atoms with Crippen LogP contribution in [0.2, 0.25) is 0 Å². The summed E-state index contributed by atoms with van der Waals surface area (Å²) in [7, 11) is -7.34. The highest BCUT2D eigenvalue weighted by Crippen LogP contribution is 2.22. The Hall–Kier alpha value is -2.63. The van der Waals surface area contributed by atoms with Crippen LogP contribution in [0.15, 0.2) is 53.4 Å². The number of benzene rings is 2. The number of nitrogens with one attached hydrogen (secondary N) is 1. The van der Waals surface area contributed by atoms with Crippen molar-refractivity contribution in [2.75, 3.05) is 42.1 Å². The van der Waals surface area contributed by atoms with Crippen LogP contribution in [0.25, 0.3) is 0 Å². The lowest BCUT2D eigenvalue weighted by molar-refractivity contribution is -0.114. The van der Waals surface area contributed by atoms with Gasteiger partial charge in [-0.25, -0.2) is 16.8 Å². The second-order valence-corrected chi connectivity index (χ2v) is 11.1. The van der Waals surface area contributed by atoms with E-state index < -0.39 is 32.5 Å². The number of carbonyl (C=O) groups excluding carboxylic acids is 1. The fourth-order valence-corrected chi connectivity index (χ4v) is 5.40. The van der Waals surface area contributed by atoms with E-state index in [1.54, 1.807) is 38.1 Å². The first-order valence-corrected chi connectivity index (χ1v) is 13.9. The van der Waals surface area contributed by atoms with Crippen LogP contribution in [0.3, 0.4) is 0 Å². The lowest BCUT2D eigenvalue weighted by Crippen LogP contribution is -2.37. The van der Waals surface area contributed by atoms with Crippen LogP contribution in [0.5, 0.6) is 5.75 Å². The minimum atomic E-state index is -3.73. The SMILES string of the molecule is CCCOc1ccc(N(CC(=O)Nc2ccc(S(=O)(=O)N(CC)CC)cc2)S(C)(=O)=O)cc1. The number of nitrogens with zero attached hydrogens (tertiary/aromatic N) is 2. The van der Waals surface area contributed by atoms with Crippen molar-refractivity contribution in [3.8, 4) is 5.75 Å². The number of ether oxygens (including phenoxy) is 1. The second kappa shape index (κ2) is 11.5. The van der Waals surface area contributed by atoms with Gasteiger partial charge in [0.25, 0.3) is 0 Å². The topological polar surface area (TPSA) is 113 Å². The van der Waals surface area contributed by atoms with Gasteiger partial charge in [0.2, 0.25) is 26.0 Å². The first-order chi connectivity index (χ1) is 15.5.